The minimum atomic E-state index is -0.480. The van der Waals surface area contributed by atoms with Crippen LogP contribution in [0.4, 0.5) is 0 Å². The van der Waals surface area contributed by atoms with Crippen molar-refractivity contribution in [2.24, 2.45) is 0 Å². The van der Waals surface area contributed by atoms with Gasteiger partial charge in [0, 0.05) is 16.7 Å². The fraction of sp³-hybridized carbons (Fsp3) is 0. The number of benzene rings is 9. The molecule has 0 aliphatic carbocycles. The third kappa shape index (κ3) is 5.88. The summed E-state index contributed by atoms with van der Waals surface area (Å²) in [6.07, 6.45) is 0. The molecule has 0 saturated carbocycles. The fourth-order valence-corrected chi connectivity index (χ4v) is 7.09. The number of rotatable bonds is 6. The van der Waals surface area contributed by atoms with Crippen LogP contribution < -0.4 is 0 Å². The van der Waals surface area contributed by atoms with E-state index in [1.165, 1.54) is 0 Å². The molecule has 0 radical (unpaired) electrons. The zero-order valence-electron chi connectivity index (χ0n) is 35.9. The predicted molar refractivity (Wildman–Crippen MR) is 225 cm³/mol. The van der Waals surface area contributed by atoms with Gasteiger partial charge in [-0.1, -0.05) is 170 Å². The summed E-state index contributed by atoms with van der Waals surface area (Å²) in [4.78, 5) is 15.1. The van der Waals surface area contributed by atoms with Crippen LogP contribution in [0, 0.1) is 0 Å². The van der Waals surface area contributed by atoms with E-state index in [-0.39, 0.29) is 28.4 Å². The van der Waals surface area contributed by atoms with Gasteiger partial charge in [0.25, 0.3) is 0 Å². The number of hydrogen-bond acceptors (Lipinski definition) is 3. The summed E-state index contributed by atoms with van der Waals surface area (Å²) < 4.78 is 59.6. The third-order valence-electron chi connectivity index (χ3n) is 9.77. The van der Waals surface area contributed by atoms with E-state index in [0.717, 1.165) is 60.5 Å². The highest BCUT2D eigenvalue weighted by atomic mass is 15.0. The molecule has 0 unspecified atom stereocenters. The summed E-state index contributed by atoms with van der Waals surface area (Å²) in [6, 6.07) is 50.0. The van der Waals surface area contributed by atoms with E-state index in [1.807, 2.05) is 78.9 Å². The molecule has 0 fully saturated rings. The maximum Gasteiger partial charge on any atom is 0.164 e. The van der Waals surface area contributed by atoms with Gasteiger partial charge in [0.15, 0.2) is 17.5 Å². The first-order chi connectivity index (χ1) is 29.6. The molecule has 0 saturated heterocycles. The van der Waals surface area contributed by atoms with Crippen molar-refractivity contribution >= 4 is 32.3 Å². The maximum absolute atomic E-state index is 8.84. The van der Waals surface area contributed by atoms with Crippen molar-refractivity contribution in [2.45, 2.75) is 0 Å². The van der Waals surface area contributed by atoms with Crippen LogP contribution in [-0.2, 0) is 0 Å². The van der Waals surface area contributed by atoms with E-state index < -0.39 is 30.2 Å². The third-order valence-corrected chi connectivity index (χ3v) is 9.77. The molecule has 0 aliphatic rings. The van der Waals surface area contributed by atoms with Gasteiger partial charge in [0.1, 0.15) is 0 Å². The summed E-state index contributed by atoms with van der Waals surface area (Å²) in [7, 11) is 0. The Hall–Kier alpha value is -7.23. The van der Waals surface area contributed by atoms with Crippen molar-refractivity contribution < 1.29 is 9.60 Å². The highest BCUT2D eigenvalue weighted by molar-refractivity contribution is 6.01. The Labute approximate surface area is 323 Å². The monoisotopic (exact) mass is 694 g/mol. The van der Waals surface area contributed by atoms with E-state index in [4.69, 9.17) is 24.5 Å². The summed E-state index contributed by atoms with van der Waals surface area (Å²) in [5.74, 6) is 1.53. The van der Waals surface area contributed by atoms with Crippen LogP contribution in [0.15, 0.2) is 200 Å². The second-order valence-corrected chi connectivity index (χ2v) is 13.1. The van der Waals surface area contributed by atoms with E-state index in [1.54, 1.807) is 6.07 Å². The van der Waals surface area contributed by atoms with Crippen LogP contribution in [0.25, 0.3) is 99.9 Å². The number of aromatic nitrogens is 3. The summed E-state index contributed by atoms with van der Waals surface area (Å²) in [6.45, 7) is 0. The Morgan fingerprint density at radius 2 is 0.852 bits per heavy atom. The second kappa shape index (κ2) is 13.4. The largest absolute Gasteiger partial charge is 0.208 e. The van der Waals surface area contributed by atoms with Crippen LogP contribution in [0.3, 0.4) is 0 Å². The van der Waals surface area contributed by atoms with E-state index in [0.29, 0.717) is 23.0 Å². The molecule has 0 bridgehead atoms. The van der Waals surface area contributed by atoms with Crippen LogP contribution >= 0.6 is 0 Å². The summed E-state index contributed by atoms with van der Waals surface area (Å²) in [5, 5.41) is 3.92. The average Bonchev–Trinajstić information content (AvgIpc) is 3.31. The molecule has 9 aromatic carbocycles. The molecule has 0 aliphatic heterocycles. The van der Waals surface area contributed by atoms with Crippen molar-refractivity contribution in [3.63, 3.8) is 0 Å². The fourth-order valence-electron chi connectivity index (χ4n) is 7.09. The number of hydrogen-bond donors (Lipinski definition) is 0. The molecule has 1 aromatic heterocycles. The van der Waals surface area contributed by atoms with Gasteiger partial charge < -0.3 is 0 Å². The van der Waals surface area contributed by atoms with Gasteiger partial charge in [-0.05, 0) is 96.0 Å². The number of fused-ring (bicyclic) bond motifs is 3. The molecule has 1 heterocycles. The molecule has 252 valence electrons. The van der Waals surface area contributed by atoms with Crippen molar-refractivity contribution in [3.05, 3.63) is 200 Å². The molecule has 10 aromatic rings. The second-order valence-electron chi connectivity index (χ2n) is 13.1. The molecular formula is C51H33N3. The van der Waals surface area contributed by atoms with Gasteiger partial charge in [-0.15, -0.1) is 0 Å². The van der Waals surface area contributed by atoms with E-state index >= 15 is 0 Å². The molecule has 0 N–H and O–H groups in total. The molecule has 54 heavy (non-hydrogen) atoms. The minimum Gasteiger partial charge on any atom is -0.208 e. The first-order valence-electron chi connectivity index (χ1n) is 21.2. The van der Waals surface area contributed by atoms with Crippen LogP contribution in [0.2, 0.25) is 0 Å². The van der Waals surface area contributed by atoms with Gasteiger partial charge in [0.05, 0.1) is 9.60 Å². The lowest BCUT2D eigenvalue weighted by molar-refractivity contribution is 1.07. The minimum absolute atomic E-state index is 0.0558. The normalized spacial score (nSPS) is 13.1. The Kier molecular flexibility index (Phi) is 6.17. The van der Waals surface area contributed by atoms with Crippen molar-refractivity contribution in [2.75, 3.05) is 0 Å². The molecule has 0 amide bonds. The molecule has 3 nitrogen and oxygen atoms in total. The summed E-state index contributed by atoms with van der Waals surface area (Å²) in [5.41, 5.74) is 7.53. The molecule has 10 rings (SSSR count). The van der Waals surface area contributed by atoms with Crippen molar-refractivity contribution in [3.8, 4) is 67.5 Å². The smallest absolute Gasteiger partial charge is 0.164 e. The number of nitrogens with zero attached hydrogens (tertiary/aromatic N) is 3. The zero-order valence-corrected chi connectivity index (χ0v) is 28.9. The van der Waals surface area contributed by atoms with E-state index in [9.17, 15) is 0 Å². The Bertz CT molecular complexity index is 3390. The van der Waals surface area contributed by atoms with Gasteiger partial charge in [-0.2, -0.15) is 0 Å². The van der Waals surface area contributed by atoms with E-state index in [2.05, 4.69) is 72.8 Å². The standard InChI is InChI=1S/C51H33N3/c1-3-13-34(14-4-1)44-32-39-18-8-10-23-47(39)48(33-44)40-20-11-21-42(31-40)50-52-49(36-16-5-2-6-17-36)53-51(54-50)43-28-26-37-29-41(27-25-38(37)30-43)46-24-12-19-35-15-7-9-22-45(35)46/h1-33H/i7D,9D,12D,15D,19D,22D,24D. The zero-order chi connectivity index (χ0) is 41.9. The topological polar surface area (TPSA) is 38.7 Å². The maximum atomic E-state index is 8.84. The Morgan fingerprint density at radius 3 is 1.65 bits per heavy atom. The van der Waals surface area contributed by atoms with Crippen molar-refractivity contribution in [1.29, 1.82) is 0 Å². The predicted octanol–water partition coefficient (Wildman–Crippen LogP) is 13.3. The highest BCUT2D eigenvalue weighted by Crippen LogP contribution is 2.37. The van der Waals surface area contributed by atoms with Crippen molar-refractivity contribution in [1.82, 2.24) is 15.0 Å². The lowest BCUT2D eigenvalue weighted by Gasteiger charge is -2.13. The first kappa shape index (κ1) is 24.9. The molecule has 0 spiro atoms. The van der Waals surface area contributed by atoms with Crippen LogP contribution in [0.5, 0.6) is 0 Å². The molecule has 3 heteroatoms. The van der Waals surface area contributed by atoms with Crippen LogP contribution in [0.1, 0.15) is 9.60 Å². The Morgan fingerprint density at radius 1 is 0.296 bits per heavy atom. The van der Waals surface area contributed by atoms with Gasteiger partial charge >= 0.3 is 0 Å². The summed E-state index contributed by atoms with van der Waals surface area (Å²) >= 11 is 0. The highest BCUT2D eigenvalue weighted by Gasteiger charge is 2.15. The SMILES string of the molecule is [2H]c1c([2H])c([2H])c2c(-c3ccc4cc(-c5nc(-c6ccccc6)nc(-c6cccc(-c7cc(-c8ccccc8)cc8ccccc78)c6)n5)ccc4c3)c([2H])c([2H])c([2H])c2c1[2H]. The lowest BCUT2D eigenvalue weighted by atomic mass is 9.92. The first-order valence-corrected chi connectivity index (χ1v) is 17.7. The van der Waals surface area contributed by atoms with Gasteiger partial charge in [-0.3, -0.25) is 0 Å². The average molecular weight is 695 g/mol. The quantitative estimate of drug-likeness (QED) is 0.174. The Balaban J connectivity index is 1.10. The molecule has 0 atom stereocenters. The van der Waals surface area contributed by atoms with Crippen LogP contribution in [-0.4, -0.2) is 15.0 Å². The lowest BCUT2D eigenvalue weighted by Crippen LogP contribution is -2.00. The van der Waals surface area contributed by atoms with Gasteiger partial charge in [0.2, 0.25) is 0 Å². The van der Waals surface area contributed by atoms with Gasteiger partial charge in [-0.25, -0.2) is 15.0 Å². The molecular weight excluding hydrogens is 655 g/mol.